The summed E-state index contributed by atoms with van der Waals surface area (Å²) in [5.41, 5.74) is 4.79. The third-order valence-electron chi connectivity index (χ3n) is 5.06. The fraction of sp³-hybridized carbons (Fsp3) is 0.667. The van der Waals surface area contributed by atoms with E-state index in [1.807, 2.05) is 6.92 Å². The predicted molar refractivity (Wildman–Crippen MR) is 99.7 cm³/mol. The van der Waals surface area contributed by atoms with Crippen LogP contribution in [0.5, 0.6) is 5.75 Å². The highest BCUT2D eigenvalue weighted by Gasteiger charge is 2.45. The zero-order chi connectivity index (χ0) is 17.9. The molecule has 2 aliphatic heterocycles. The van der Waals surface area contributed by atoms with E-state index in [0.717, 1.165) is 12.8 Å². The van der Waals surface area contributed by atoms with E-state index in [0.29, 0.717) is 57.1 Å². The standard InChI is InChI=1S/C18H27N3O4.ClH/c1-17(23)6-11-25-18(13-17)4-9-21(10-5-18)16(22)15-14(24-12-7-19)3-2-8-20-15;/h2-3,8,23H,4-7,9-13,19H2,1H3;1H. The molecule has 26 heavy (non-hydrogen) atoms. The molecule has 1 atom stereocenters. The summed E-state index contributed by atoms with van der Waals surface area (Å²) in [6, 6.07) is 3.48. The first-order valence-electron chi connectivity index (χ1n) is 8.88. The van der Waals surface area contributed by atoms with E-state index in [9.17, 15) is 9.90 Å². The number of ether oxygens (including phenoxy) is 2. The lowest BCUT2D eigenvalue weighted by Gasteiger charge is -2.48. The Morgan fingerprint density at radius 3 is 2.81 bits per heavy atom. The summed E-state index contributed by atoms with van der Waals surface area (Å²) >= 11 is 0. The molecule has 0 aliphatic carbocycles. The Morgan fingerprint density at radius 1 is 1.42 bits per heavy atom. The van der Waals surface area contributed by atoms with Crippen LogP contribution in [0.2, 0.25) is 0 Å². The van der Waals surface area contributed by atoms with Crippen LogP contribution in [0, 0.1) is 0 Å². The first kappa shape index (κ1) is 20.9. The van der Waals surface area contributed by atoms with Gasteiger partial charge in [0.2, 0.25) is 0 Å². The summed E-state index contributed by atoms with van der Waals surface area (Å²) in [5.74, 6) is 0.333. The smallest absolute Gasteiger partial charge is 0.276 e. The van der Waals surface area contributed by atoms with E-state index in [1.165, 1.54) is 0 Å². The molecule has 1 aromatic rings. The number of halogens is 1. The van der Waals surface area contributed by atoms with Crippen molar-refractivity contribution in [3.63, 3.8) is 0 Å². The van der Waals surface area contributed by atoms with Gasteiger partial charge in [0, 0.05) is 32.3 Å². The second-order valence-corrected chi connectivity index (χ2v) is 7.23. The molecule has 146 valence electrons. The maximum Gasteiger partial charge on any atom is 0.276 e. The van der Waals surface area contributed by atoms with Crippen molar-refractivity contribution < 1.29 is 19.4 Å². The Labute approximate surface area is 160 Å². The van der Waals surface area contributed by atoms with Crippen LogP contribution >= 0.6 is 12.4 Å². The summed E-state index contributed by atoms with van der Waals surface area (Å²) < 4.78 is 11.5. The van der Waals surface area contributed by atoms with Crippen molar-refractivity contribution in [2.75, 3.05) is 32.8 Å². The number of carbonyl (C=O) groups is 1. The van der Waals surface area contributed by atoms with Crippen molar-refractivity contribution >= 4 is 18.3 Å². The molecule has 2 fully saturated rings. The Bertz CT molecular complexity index is 618. The number of carbonyl (C=O) groups excluding carboxylic acids is 1. The van der Waals surface area contributed by atoms with Gasteiger partial charge < -0.3 is 25.2 Å². The molecule has 8 heteroatoms. The first-order chi connectivity index (χ1) is 11.9. The lowest BCUT2D eigenvalue weighted by atomic mass is 9.78. The number of piperidine rings is 1. The average molecular weight is 386 g/mol. The van der Waals surface area contributed by atoms with Crippen LogP contribution in [0.25, 0.3) is 0 Å². The number of likely N-dealkylation sites (tertiary alicyclic amines) is 1. The van der Waals surface area contributed by atoms with Gasteiger partial charge in [-0.15, -0.1) is 12.4 Å². The van der Waals surface area contributed by atoms with E-state index >= 15 is 0 Å². The number of aromatic nitrogens is 1. The Morgan fingerprint density at radius 2 is 2.15 bits per heavy atom. The summed E-state index contributed by atoms with van der Waals surface area (Å²) in [4.78, 5) is 18.8. The molecule has 3 rings (SSSR count). The van der Waals surface area contributed by atoms with Crippen molar-refractivity contribution in [1.82, 2.24) is 9.88 Å². The molecule has 0 bridgehead atoms. The molecule has 3 heterocycles. The van der Waals surface area contributed by atoms with Gasteiger partial charge in [-0.1, -0.05) is 0 Å². The van der Waals surface area contributed by atoms with Gasteiger partial charge in [0.1, 0.15) is 6.61 Å². The molecule has 1 amide bonds. The maximum absolute atomic E-state index is 12.8. The van der Waals surface area contributed by atoms with Gasteiger partial charge in [0.05, 0.1) is 17.8 Å². The molecule has 0 aromatic carbocycles. The van der Waals surface area contributed by atoms with E-state index in [1.54, 1.807) is 23.2 Å². The van der Waals surface area contributed by atoms with Crippen LogP contribution in [0.3, 0.4) is 0 Å². The number of nitrogens with zero attached hydrogens (tertiary/aromatic N) is 2. The predicted octanol–water partition coefficient (Wildman–Crippen LogP) is 1.38. The van der Waals surface area contributed by atoms with Crippen LogP contribution in [-0.4, -0.2) is 64.9 Å². The third-order valence-corrected chi connectivity index (χ3v) is 5.06. The van der Waals surface area contributed by atoms with Crippen molar-refractivity contribution in [1.29, 1.82) is 0 Å². The average Bonchev–Trinajstić information content (AvgIpc) is 2.59. The fourth-order valence-electron chi connectivity index (χ4n) is 3.75. The van der Waals surface area contributed by atoms with Gasteiger partial charge in [-0.05, 0) is 38.3 Å². The second kappa shape index (κ2) is 8.52. The van der Waals surface area contributed by atoms with Gasteiger partial charge in [0.15, 0.2) is 11.4 Å². The molecule has 3 N–H and O–H groups in total. The molecule has 1 aromatic heterocycles. The minimum atomic E-state index is -0.686. The maximum atomic E-state index is 12.8. The van der Waals surface area contributed by atoms with Crippen molar-refractivity contribution in [3.8, 4) is 5.75 Å². The van der Waals surface area contributed by atoms with E-state index in [4.69, 9.17) is 15.2 Å². The Hall–Kier alpha value is -1.41. The lowest BCUT2D eigenvalue weighted by Crippen LogP contribution is -2.54. The number of aliphatic hydroxyl groups is 1. The van der Waals surface area contributed by atoms with Crippen LogP contribution in [0.4, 0.5) is 0 Å². The number of hydrogen-bond donors (Lipinski definition) is 2. The Kier molecular flexibility index (Phi) is 6.85. The van der Waals surface area contributed by atoms with Crippen LogP contribution in [-0.2, 0) is 4.74 Å². The number of amides is 1. The summed E-state index contributed by atoms with van der Waals surface area (Å²) in [6.07, 6.45) is 4.32. The van der Waals surface area contributed by atoms with Gasteiger partial charge in [-0.3, -0.25) is 4.79 Å². The van der Waals surface area contributed by atoms with E-state index in [2.05, 4.69) is 4.98 Å². The summed E-state index contributed by atoms with van der Waals surface area (Å²) in [5, 5.41) is 10.4. The van der Waals surface area contributed by atoms with Gasteiger partial charge in [0.25, 0.3) is 5.91 Å². The normalized spacial score (nSPS) is 24.8. The van der Waals surface area contributed by atoms with Crippen molar-refractivity contribution in [2.45, 2.75) is 43.8 Å². The molecule has 2 aliphatic rings. The topological polar surface area (TPSA) is 97.9 Å². The van der Waals surface area contributed by atoms with Crippen molar-refractivity contribution in [2.24, 2.45) is 5.73 Å². The number of rotatable bonds is 4. The van der Waals surface area contributed by atoms with Crippen LogP contribution in [0.1, 0.15) is 43.1 Å². The fourth-order valence-corrected chi connectivity index (χ4v) is 3.75. The third kappa shape index (κ3) is 4.65. The molecule has 2 saturated heterocycles. The first-order valence-corrected chi connectivity index (χ1v) is 8.88. The quantitative estimate of drug-likeness (QED) is 0.812. The molecule has 7 nitrogen and oxygen atoms in total. The van der Waals surface area contributed by atoms with Crippen LogP contribution in [0.15, 0.2) is 18.3 Å². The molecular weight excluding hydrogens is 358 g/mol. The summed E-state index contributed by atoms with van der Waals surface area (Å²) in [7, 11) is 0. The highest BCUT2D eigenvalue weighted by atomic mass is 35.5. The van der Waals surface area contributed by atoms with Crippen LogP contribution < -0.4 is 10.5 Å². The lowest BCUT2D eigenvalue weighted by molar-refractivity contribution is -0.170. The summed E-state index contributed by atoms with van der Waals surface area (Å²) in [6.45, 7) is 4.33. The molecular formula is C18H28ClN3O4. The zero-order valence-electron chi connectivity index (χ0n) is 15.1. The molecule has 0 radical (unpaired) electrons. The largest absolute Gasteiger partial charge is 0.490 e. The van der Waals surface area contributed by atoms with E-state index in [-0.39, 0.29) is 23.9 Å². The Balaban J connectivity index is 0.00000243. The highest BCUT2D eigenvalue weighted by Crippen LogP contribution is 2.39. The SMILES string of the molecule is CC1(O)CCOC2(CCN(C(=O)c3ncccc3OCCN)CC2)C1.Cl. The minimum absolute atomic E-state index is 0. The molecule has 1 spiro atoms. The number of pyridine rings is 1. The minimum Gasteiger partial charge on any atom is -0.490 e. The monoisotopic (exact) mass is 385 g/mol. The molecule has 0 saturated carbocycles. The zero-order valence-corrected chi connectivity index (χ0v) is 16.0. The highest BCUT2D eigenvalue weighted by molar-refractivity contribution is 5.95. The second-order valence-electron chi connectivity index (χ2n) is 7.23. The molecule has 1 unspecified atom stereocenters. The number of nitrogens with two attached hydrogens (primary N) is 1. The van der Waals surface area contributed by atoms with Gasteiger partial charge in [-0.2, -0.15) is 0 Å². The van der Waals surface area contributed by atoms with E-state index < -0.39 is 5.60 Å². The van der Waals surface area contributed by atoms with Gasteiger partial charge >= 0.3 is 0 Å². The van der Waals surface area contributed by atoms with Gasteiger partial charge in [-0.25, -0.2) is 4.98 Å². The van der Waals surface area contributed by atoms with Crippen molar-refractivity contribution in [3.05, 3.63) is 24.0 Å². The number of hydrogen-bond acceptors (Lipinski definition) is 6.